The second-order valence-electron chi connectivity index (χ2n) is 8.01. The van der Waals surface area contributed by atoms with Gasteiger partial charge in [-0.1, -0.05) is 45.0 Å². The van der Waals surface area contributed by atoms with E-state index in [-0.39, 0.29) is 6.04 Å². The lowest BCUT2D eigenvalue weighted by molar-refractivity contribution is 0.548. The molecule has 154 valence electrons. The second kappa shape index (κ2) is 8.79. The fourth-order valence-corrected chi connectivity index (χ4v) is 5.70. The minimum absolute atomic E-state index is 0.239. The molecule has 0 amide bonds. The first kappa shape index (κ1) is 22.6. The van der Waals surface area contributed by atoms with E-state index in [1.165, 1.54) is 11.1 Å². The zero-order valence-electron chi connectivity index (χ0n) is 18.6. The largest absolute Gasteiger partial charge is 0.241 e. The molecule has 4 heteroatoms. The Bertz CT molecular complexity index is 915. The van der Waals surface area contributed by atoms with Crippen LogP contribution in [0.1, 0.15) is 84.5 Å². The molecule has 0 spiro atoms. The summed E-state index contributed by atoms with van der Waals surface area (Å²) < 4.78 is 29.7. The van der Waals surface area contributed by atoms with Crippen LogP contribution in [0, 0.1) is 34.6 Å². The molecule has 2 aromatic carbocycles. The third-order valence-corrected chi connectivity index (χ3v) is 8.17. The number of hydrogen-bond acceptors (Lipinski definition) is 2. The quantitative estimate of drug-likeness (QED) is 0.603. The van der Waals surface area contributed by atoms with Gasteiger partial charge in [0.25, 0.3) is 0 Å². The molecule has 0 saturated carbocycles. The van der Waals surface area contributed by atoms with Crippen LogP contribution < -0.4 is 4.72 Å². The van der Waals surface area contributed by atoms with Crippen molar-refractivity contribution in [2.24, 2.45) is 0 Å². The van der Waals surface area contributed by atoms with Gasteiger partial charge >= 0.3 is 0 Å². The summed E-state index contributed by atoms with van der Waals surface area (Å²) in [6, 6.07) is 8.12. The van der Waals surface area contributed by atoms with E-state index in [9.17, 15) is 8.42 Å². The Labute approximate surface area is 171 Å². The molecule has 0 aliphatic heterocycles. The Morgan fingerprint density at radius 1 is 0.750 bits per heavy atom. The molecule has 0 bridgehead atoms. The molecular formula is C24H35NO2S. The molecular weight excluding hydrogens is 366 g/mol. The second-order valence-corrected chi connectivity index (χ2v) is 9.66. The Morgan fingerprint density at radius 2 is 1.18 bits per heavy atom. The molecule has 1 N–H and O–H groups in total. The summed E-state index contributed by atoms with van der Waals surface area (Å²) in [7, 11) is -3.62. The number of sulfonamides is 1. The highest BCUT2D eigenvalue weighted by atomic mass is 32.2. The van der Waals surface area contributed by atoms with Crippen molar-refractivity contribution in [3.05, 3.63) is 63.2 Å². The van der Waals surface area contributed by atoms with Gasteiger partial charge in [-0.25, -0.2) is 13.1 Å². The summed E-state index contributed by atoms with van der Waals surface area (Å²) in [5, 5.41) is 0. The van der Waals surface area contributed by atoms with Crippen molar-refractivity contribution in [3.63, 3.8) is 0 Å². The molecule has 3 nitrogen and oxygen atoms in total. The number of rotatable bonds is 7. The van der Waals surface area contributed by atoms with Gasteiger partial charge in [-0.15, -0.1) is 0 Å². The highest BCUT2D eigenvalue weighted by Crippen LogP contribution is 2.31. The summed E-state index contributed by atoms with van der Waals surface area (Å²) in [4.78, 5) is 0.433. The van der Waals surface area contributed by atoms with Gasteiger partial charge in [0.1, 0.15) is 0 Å². The first-order valence-corrected chi connectivity index (χ1v) is 11.7. The normalized spacial score (nSPS) is 14.1. The summed E-state index contributed by atoms with van der Waals surface area (Å²) in [5.41, 5.74) is 7.25. The summed E-state index contributed by atoms with van der Waals surface area (Å²) >= 11 is 0. The van der Waals surface area contributed by atoms with Crippen molar-refractivity contribution in [2.45, 2.75) is 85.1 Å². The van der Waals surface area contributed by atoms with Gasteiger partial charge in [0.15, 0.2) is 0 Å². The highest BCUT2D eigenvalue weighted by Gasteiger charge is 2.26. The Balaban J connectivity index is 2.42. The van der Waals surface area contributed by atoms with Crippen LogP contribution >= 0.6 is 0 Å². The van der Waals surface area contributed by atoms with Crippen molar-refractivity contribution in [2.75, 3.05) is 0 Å². The first-order valence-electron chi connectivity index (χ1n) is 10.2. The van der Waals surface area contributed by atoms with Crippen molar-refractivity contribution >= 4 is 10.0 Å². The fourth-order valence-electron chi connectivity index (χ4n) is 3.79. The standard InChI is InChI=1S/C24H35NO2S/c1-9-15(3)21-11-13-22(14-12-21)23(10-2)25-28(26,27)24-19(7)17(5)16(4)18(6)20(24)8/h11-15,23,25H,9-10H2,1-8H3. The van der Waals surface area contributed by atoms with Crippen molar-refractivity contribution in [3.8, 4) is 0 Å². The average molecular weight is 402 g/mol. The van der Waals surface area contributed by atoms with Gasteiger partial charge in [-0.3, -0.25) is 0 Å². The van der Waals surface area contributed by atoms with Crippen molar-refractivity contribution in [1.82, 2.24) is 4.72 Å². The lowest BCUT2D eigenvalue weighted by Crippen LogP contribution is -2.30. The molecule has 28 heavy (non-hydrogen) atoms. The van der Waals surface area contributed by atoms with Crippen LogP contribution in [0.15, 0.2) is 29.2 Å². The number of benzene rings is 2. The Morgan fingerprint density at radius 3 is 1.61 bits per heavy atom. The minimum Gasteiger partial charge on any atom is -0.207 e. The van der Waals surface area contributed by atoms with Crippen LogP contribution in [0.2, 0.25) is 0 Å². The van der Waals surface area contributed by atoms with E-state index in [0.29, 0.717) is 17.2 Å². The van der Waals surface area contributed by atoms with E-state index in [4.69, 9.17) is 0 Å². The van der Waals surface area contributed by atoms with Gasteiger partial charge in [0.2, 0.25) is 10.0 Å². The van der Waals surface area contributed by atoms with Crippen LogP contribution in [0.25, 0.3) is 0 Å². The predicted molar refractivity (Wildman–Crippen MR) is 119 cm³/mol. The van der Waals surface area contributed by atoms with Gasteiger partial charge in [0, 0.05) is 6.04 Å². The third kappa shape index (κ3) is 4.33. The molecule has 2 aromatic rings. The highest BCUT2D eigenvalue weighted by molar-refractivity contribution is 7.89. The molecule has 0 heterocycles. The maximum absolute atomic E-state index is 13.3. The van der Waals surface area contributed by atoms with E-state index in [1.807, 2.05) is 34.6 Å². The zero-order valence-corrected chi connectivity index (χ0v) is 19.4. The Hall–Kier alpha value is -1.65. The lowest BCUT2D eigenvalue weighted by Gasteiger charge is -2.23. The van der Waals surface area contributed by atoms with E-state index in [0.717, 1.165) is 34.2 Å². The molecule has 0 aliphatic carbocycles. The monoisotopic (exact) mass is 401 g/mol. The van der Waals surface area contributed by atoms with Crippen molar-refractivity contribution < 1.29 is 8.42 Å². The van der Waals surface area contributed by atoms with Gasteiger partial charge in [-0.2, -0.15) is 0 Å². The fraction of sp³-hybridized carbons (Fsp3) is 0.500. The summed E-state index contributed by atoms with van der Waals surface area (Å²) in [5.74, 6) is 0.509. The SMILES string of the molecule is CCC(C)c1ccc(C(CC)NS(=O)(=O)c2c(C)c(C)c(C)c(C)c2C)cc1. The molecule has 0 aromatic heterocycles. The van der Waals surface area contributed by atoms with E-state index >= 15 is 0 Å². The maximum atomic E-state index is 13.3. The van der Waals surface area contributed by atoms with Gasteiger partial charge < -0.3 is 0 Å². The van der Waals surface area contributed by atoms with Crippen LogP contribution in [0.3, 0.4) is 0 Å². The maximum Gasteiger partial charge on any atom is 0.241 e. The van der Waals surface area contributed by atoms with Crippen LogP contribution in [0.5, 0.6) is 0 Å². The van der Waals surface area contributed by atoms with Crippen LogP contribution in [-0.2, 0) is 10.0 Å². The molecule has 0 fully saturated rings. The van der Waals surface area contributed by atoms with Crippen molar-refractivity contribution in [1.29, 1.82) is 0 Å². The van der Waals surface area contributed by atoms with Gasteiger partial charge in [-0.05, 0) is 92.3 Å². The molecule has 2 rings (SSSR count). The zero-order chi connectivity index (χ0) is 21.2. The van der Waals surface area contributed by atoms with E-state index in [2.05, 4.69) is 49.8 Å². The van der Waals surface area contributed by atoms with Gasteiger partial charge in [0.05, 0.1) is 4.90 Å². The number of hydrogen-bond donors (Lipinski definition) is 1. The van der Waals surface area contributed by atoms with Crippen LogP contribution in [0.4, 0.5) is 0 Å². The number of nitrogens with one attached hydrogen (secondary N) is 1. The molecule has 2 atom stereocenters. The first-order chi connectivity index (χ1) is 13.0. The summed E-state index contributed by atoms with van der Waals surface area (Å²) in [6.07, 6.45) is 1.79. The lowest BCUT2D eigenvalue weighted by atomic mass is 9.95. The molecule has 2 unspecified atom stereocenters. The predicted octanol–water partition coefficient (Wildman–Crippen LogP) is 6.17. The smallest absolute Gasteiger partial charge is 0.207 e. The molecule has 0 radical (unpaired) electrons. The van der Waals surface area contributed by atoms with Crippen LogP contribution in [-0.4, -0.2) is 8.42 Å². The van der Waals surface area contributed by atoms with E-state index < -0.39 is 10.0 Å². The average Bonchev–Trinajstić information content (AvgIpc) is 2.68. The minimum atomic E-state index is -3.62. The van der Waals surface area contributed by atoms with E-state index in [1.54, 1.807) is 0 Å². The summed E-state index contributed by atoms with van der Waals surface area (Å²) in [6.45, 7) is 16.3. The topological polar surface area (TPSA) is 46.2 Å². The third-order valence-electron chi connectivity index (χ3n) is 6.43. The molecule has 0 aliphatic rings. The molecule has 0 saturated heterocycles. The Kier molecular flexibility index (Phi) is 7.11.